The summed E-state index contributed by atoms with van der Waals surface area (Å²) in [5.41, 5.74) is 8.90. The molecule has 3 aliphatic rings. The molecule has 0 amide bonds. The zero-order valence-corrected chi connectivity index (χ0v) is 35.1. The molecule has 6 heteroatoms. The van der Waals surface area contributed by atoms with Crippen LogP contribution in [0.15, 0.2) is 121 Å². The van der Waals surface area contributed by atoms with E-state index in [1.54, 1.807) is 0 Å². The molecule has 2 bridgehead atoms. The van der Waals surface area contributed by atoms with Crippen molar-refractivity contribution in [1.29, 1.82) is 5.26 Å². The van der Waals surface area contributed by atoms with E-state index in [-0.39, 0.29) is 10.8 Å². The second-order valence-corrected chi connectivity index (χ2v) is 19.0. The van der Waals surface area contributed by atoms with Crippen molar-refractivity contribution in [2.24, 2.45) is 17.8 Å². The molecular formula is C54H52N6. The fourth-order valence-electron chi connectivity index (χ4n) is 12.4. The predicted molar refractivity (Wildman–Crippen MR) is 245 cm³/mol. The molecule has 8 aromatic rings. The summed E-state index contributed by atoms with van der Waals surface area (Å²) < 4.78 is 4.66. The molecule has 0 aliphatic heterocycles. The van der Waals surface area contributed by atoms with Crippen molar-refractivity contribution in [2.45, 2.75) is 95.8 Å². The van der Waals surface area contributed by atoms with Crippen LogP contribution in [0.1, 0.15) is 102 Å². The van der Waals surface area contributed by atoms with E-state index < -0.39 is 0 Å². The molecule has 3 saturated carbocycles. The van der Waals surface area contributed by atoms with Crippen LogP contribution >= 0.6 is 0 Å². The molecule has 5 aromatic carbocycles. The van der Waals surface area contributed by atoms with Crippen molar-refractivity contribution < 1.29 is 0 Å². The summed E-state index contributed by atoms with van der Waals surface area (Å²) in [4.78, 5) is 16.4. The average molecular weight is 785 g/mol. The van der Waals surface area contributed by atoms with E-state index in [1.165, 1.54) is 52.9 Å². The first-order valence-electron chi connectivity index (χ1n) is 22.2. The van der Waals surface area contributed by atoms with Gasteiger partial charge >= 0.3 is 0 Å². The van der Waals surface area contributed by atoms with E-state index in [4.69, 9.17) is 15.0 Å². The standard InChI is InChI=1S/C54H52N6/c1-5-54(29-34(2)26-35(3)30-54)52-57-50(56-51(58-52)53(4)31-36-14-13-15-37(27-36)32-53)38-22-23-43(39(28-38)33-55)60-45-21-12-10-19-42(45)49-47(60)25-24-46-48(49)41-18-9-11-20-44(41)59(46)40-16-7-6-8-17-40/h6-12,16-25,28,35-37H,2,5,13-15,26-27,29-32H2,1,3-4H3. The number of aromatic nitrogens is 5. The zero-order chi connectivity index (χ0) is 40.8. The van der Waals surface area contributed by atoms with Gasteiger partial charge in [-0.25, -0.2) is 15.0 Å². The summed E-state index contributed by atoms with van der Waals surface area (Å²) >= 11 is 0. The maximum atomic E-state index is 11.0. The summed E-state index contributed by atoms with van der Waals surface area (Å²) in [5, 5.41) is 15.8. The molecule has 0 radical (unpaired) electrons. The quantitative estimate of drug-likeness (QED) is 0.157. The smallest absolute Gasteiger partial charge is 0.163 e. The number of allylic oxidation sites excluding steroid dienone is 1. The van der Waals surface area contributed by atoms with E-state index >= 15 is 0 Å². The van der Waals surface area contributed by atoms with Crippen LogP contribution in [0, 0.1) is 29.1 Å². The molecule has 60 heavy (non-hydrogen) atoms. The minimum atomic E-state index is -0.183. The lowest BCUT2D eigenvalue weighted by molar-refractivity contribution is 0.114. The second kappa shape index (κ2) is 14.0. The molecule has 3 aromatic heterocycles. The third kappa shape index (κ3) is 5.76. The first-order valence-corrected chi connectivity index (χ1v) is 22.2. The topological polar surface area (TPSA) is 72.3 Å². The summed E-state index contributed by atoms with van der Waals surface area (Å²) in [7, 11) is 0. The minimum Gasteiger partial charge on any atom is -0.309 e. The first kappa shape index (κ1) is 37.0. The highest BCUT2D eigenvalue weighted by atomic mass is 15.1. The lowest BCUT2D eigenvalue weighted by atomic mass is 9.61. The van der Waals surface area contributed by atoms with E-state index in [0.29, 0.717) is 17.3 Å². The number of fused-ring (bicyclic) bond motifs is 9. The molecule has 298 valence electrons. The van der Waals surface area contributed by atoms with E-state index in [9.17, 15) is 5.26 Å². The van der Waals surface area contributed by atoms with Crippen molar-refractivity contribution >= 4 is 43.6 Å². The van der Waals surface area contributed by atoms with Gasteiger partial charge in [-0.05, 0) is 117 Å². The Morgan fingerprint density at radius 1 is 0.733 bits per heavy atom. The lowest BCUT2D eigenvalue weighted by Gasteiger charge is -2.45. The summed E-state index contributed by atoms with van der Waals surface area (Å²) in [6.07, 6.45) is 11.5. The molecule has 4 unspecified atom stereocenters. The van der Waals surface area contributed by atoms with Gasteiger partial charge in [0, 0.05) is 43.6 Å². The van der Waals surface area contributed by atoms with Gasteiger partial charge in [0.1, 0.15) is 17.7 Å². The predicted octanol–water partition coefficient (Wildman–Crippen LogP) is 13.5. The Morgan fingerprint density at radius 2 is 1.37 bits per heavy atom. The van der Waals surface area contributed by atoms with Gasteiger partial charge in [-0.15, -0.1) is 0 Å². The van der Waals surface area contributed by atoms with Crippen LogP contribution in [0.5, 0.6) is 0 Å². The highest BCUT2D eigenvalue weighted by Crippen LogP contribution is 2.51. The van der Waals surface area contributed by atoms with E-state index in [2.05, 4.69) is 146 Å². The van der Waals surface area contributed by atoms with E-state index in [1.807, 2.05) is 6.07 Å². The zero-order valence-electron chi connectivity index (χ0n) is 35.1. The molecule has 0 spiro atoms. The van der Waals surface area contributed by atoms with Crippen molar-refractivity contribution in [3.8, 4) is 28.8 Å². The molecule has 6 nitrogen and oxygen atoms in total. The maximum absolute atomic E-state index is 11.0. The normalized spacial score (nSPS) is 24.4. The summed E-state index contributed by atoms with van der Waals surface area (Å²) in [6.45, 7) is 11.6. The van der Waals surface area contributed by atoms with E-state index in [0.717, 1.165) is 101 Å². The van der Waals surface area contributed by atoms with Gasteiger partial charge < -0.3 is 9.13 Å². The van der Waals surface area contributed by atoms with Gasteiger partial charge in [-0.1, -0.05) is 107 Å². The fraction of sp³-hybridized carbons (Fsp3) is 0.333. The molecule has 3 heterocycles. The summed E-state index contributed by atoms with van der Waals surface area (Å²) in [5.74, 6) is 4.52. The number of hydrogen-bond acceptors (Lipinski definition) is 4. The van der Waals surface area contributed by atoms with Crippen molar-refractivity contribution in [2.75, 3.05) is 0 Å². The Morgan fingerprint density at radius 3 is 2.03 bits per heavy atom. The lowest BCUT2D eigenvalue weighted by Crippen LogP contribution is -2.40. The number of rotatable bonds is 6. The number of benzene rings is 5. The van der Waals surface area contributed by atoms with Crippen LogP contribution in [0.25, 0.3) is 66.4 Å². The van der Waals surface area contributed by atoms with Crippen molar-refractivity contribution in [3.63, 3.8) is 0 Å². The Kier molecular flexibility index (Phi) is 8.64. The number of para-hydroxylation sites is 3. The van der Waals surface area contributed by atoms with Gasteiger partial charge in [0.2, 0.25) is 0 Å². The van der Waals surface area contributed by atoms with Gasteiger partial charge in [-0.2, -0.15) is 5.26 Å². The van der Waals surface area contributed by atoms with Crippen LogP contribution in [0.3, 0.4) is 0 Å². The van der Waals surface area contributed by atoms with Crippen LogP contribution in [-0.2, 0) is 10.8 Å². The fourth-order valence-corrected chi connectivity index (χ4v) is 12.4. The molecular weight excluding hydrogens is 733 g/mol. The molecule has 3 fully saturated rings. The summed E-state index contributed by atoms with van der Waals surface area (Å²) in [6, 6.07) is 41.3. The molecule has 11 rings (SSSR count). The highest BCUT2D eigenvalue weighted by molar-refractivity contribution is 6.28. The molecule has 0 N–H and O–H groups in total. The molecule has 0 saturated heterocycles. The monoisotopic (exact) mass is 784 g/mol. The molecule has 3 aliphatic carbocycles. The first-order chi connectivity index (χ1) is 29.3. The third-order valence-electron chi connectivity index (χ3n) is 14.8. The third-order valence-corrected chi connectivity index (χ3v) is 14.8. The van der Waals surface area contributed by atoms with Gasteiger partial charge in [0.25, 0.3) is 0 Å². The van der Waals surface area contributed by atoms with Crippen molar-refractivity contribution in [3.05, 3.63) is 139 Å². The number of nitriles is 1. The van der Waals surface area contributed by atoms with Gasteiger partial charge in [0.15, 0.2) is 5.82 Å². The minimum absolute atomic E-state index is 0.109. The Labute approximate surface area is 352 Å². The Balaban J connectivity index is 1.10. The SMILES string of the molecule is C=C1CC(C)CC(CC)(c2nc(-c3ccc(-n4c5ccccc5c5c6c7ccccc7n(-c7ccccc7)c6ccc54)c(C#N)c3)nc(C3(C)CC4CCCC(C4)C3)n2)C1. The van der Waals surface area contributed by atoms with Crippen LogP contribution in [-0.4, -0.2) is 24.1 Å². The van der Waals surface area contributed by atoms with Gasteiger partial charge in [-0.3, -0.25) is 0 Å². The van der Waals surface area contributed by atoms with Crippen molar-refractivity contribution in [1.82, 2.24) is 24.1 Å². The average Bonchev–Trinajstić information content (AvgIpc) is 3.78. The Bertz CT molecular complexity index is 3040. The maximum Gasteiger partial charge on any atom is 0.163 e. The van der Waals surface area contributed by atoms with Gasteiger partial charge in [0.05, 0.1) is 33.3 Å². The van der Waals surface area contributed by atoms with Crippen LogP contribution < -0.4 is 0 Å². The van der Waals surface area contributed by atoms with Crippen LogP contribution in [0.2, 0.25) is 0 Å². The second-order valence-electron chi connectivity index (χ2n) is 19.0. The number of hydrogen-bond donors (Lipinski definition) is 0. The van der Waals surface area contributed by atoms with Crippen LogP contribution in [0.4, 0.5) is 0 Å². The molecule has 4 atom stereocenters. The Hall–Kier alpha value is -6.06. The largest absolute Gasteiger partial charge is 0.309 e. The highest BCUT2D eigenvalue weighted by Gasteiger charge is 2.45. The number of nitrogens with zero attached hydrogens (tertiary/aromatic N) is 6.